The standard InChI is InChI=1S/C21H19ClN2O2/c1-14(16-11-10-15-6-2-3-7-17(15)12-16)24-20(25)13-23-21(26)18-8-4-5-9-19(18)22/h2-12,14H,13H2,1H3,(H,23,26)(H,24,25). The first-order chi connectivity index (χ1) is 12.5. The third kappa shape index (κ3) is 4.21. The lowest BCUT2D eigenvalue weighted by molar-refractivity contribution is -0.120. The van der Waals surface area contributed by atoms with Crippen LogP contribution in [0.2, 0.25) is 5.02 Å². The van der Waals surface area contributed by atoms with Crippen LogP contribution < -0.4 is 10.6 Å². The second kappa shape index (κ2) is 8.02. The summed E-state index contributed by atoms with van der Waals surface area (Å²) in [5, 5.41) is 8.12. The molecule has 3 aromatic carbocycles. The van der Waals surface area contributed by atoms with Crippen molar-refractivity contribution in [3.05, 3.63) is 82.9 Å². The molecule has 1 atom stereocenters. The van der Waals surface area contributed by atoms with E-state index in [0.717, 1.165) is 16.3 Å². The maximum absolute atomic E-state index is 12.2. The Labute approximate surface area is 157 Å². The maximum atomic E-state index is 12.2. The van der Waals surface area contributed by atoms with Crippen LogP contribution in [0.25, 0.3) is 10.8 Å². The Bertz CT molecular complexity index is 955. The summed E-state index contributed by atoms with van der Waals surface area (Å²) in [7, 11) is 0. The van der Waals surface area contributed by atoms with Gasteiger partial charge in [-0.2, -0.15) is 0 Å². The first kappa shape index (κ1) is 18.0. The SMILES string of the molecule is CC(NC(=O)CNC(=O)c1ccccc1Cl)c1ccc2ccccc2c1. The monoisotopic (exact) mass is 366 g/mol. The van der Waals surface area contributed by atoms with Gasteiger partial charge in [-0.05, 0) is 41.5 Å². The number of carbonyl (C=O) groups is 2. The predicted octanol–water partition coefficient (Wildman–Crippen LogP) is 4.10. The van der Waals surface area contributed by atoms with Crippen LogP contribution in [0.3, 0.4) is 0 Å². The predicted molar refractivity (Wildman–Crippen MR) is 104 cm³/mol. The zero-order valence-electron chi connectivity index (χ0n) is 14.3. The highest BCUT2D eigenvalue weighted by Crippen LogP contribution is 2.20. The molecule has 0 heterocycles. The van der Waals surface area contributed by atoms with Gasteiger partial charge >= 0.3 is 0 Å². The van der Waals surface area contributed by atoms with Crippen molar-refractivity contribution in [3.63, 3.8) is 0 Å². The summed E-state index contributed by atoms with van der Waals surface area (Å²) >= 11 is 5.99. The van der Waals surface area contributed by atoms with Crippen LogP contribution in [0.1, 0.15) is 28.9 Å². The zero-order valence-corrected chi connectivity index (χ0v) is 15.1. The van der Waals surface area contributed by atoms with Crippen LogP contribution in [-0.2, 0) is 4.79 Å². The highest BCUT2D eigenvalue weighted by Gasteiger charge is 2.13. The first-order valence-corrected chi connectivity index (χ1v) is 8.73. The van der Waals surface area contributed by atoms with Crippen molar-refractivity contribution < 1.29 is 9.59 Å². The Hall–Kier alpha value is -2.85. The molecule has 1 unspecified atom stereocenters. The van der Waals surface area contributed by atoms with E-state index in [1.165, 1.54) is 0 Å². The van der Waals surface area contributed by atoms with Gasteiger partial charge in [0.1, 0.15) is 0 Å². The highest BCUT2D eigenvalue weighted by molar-refractivity contribution is 6.33. The molecule has 0 fully saturated rings. The number of carbonyl (C=O) groups excluding carboxylic acids is 2. The van der Waals surface area contributed by atoms with E-state index in [-0.39, 0.29) is 24.4 Å². The lowest BCUT2D eigenvalue weighted by Crippen LogP contribution is -2.38. The minimum Gasteiger partial charge on any atom is -0.348 e. The number of benzene rings is 3. The quantitative estimate of drug-likeness (QED) is 0.714. The summed E-state index contributed by atoms with van der Waals surface area (Å²) in [5.74, 6) is -0.629. The van der Waals surface area contributed by atoms with Crippen LogP contribution in [-0.4, -0.2) is 18.4 Å². The van der Waals surface area contributed by atoms with E-state index >= 15 is 0 Å². The largest absolute Gasteiger partial charge is 0.348 e. The molecule has 3 aromatic rings. The van der Waals surface area contributed by atoms with Gasteiger partial charge in [0.15, 0.2) is 0 Å². The van der Waals surface area contributed by atoms with Crippen LogP contribution in [0.4, 0.5) is 0 Å². The van der Waals surface area contributed by atoms with Crippen molar-refractivity contribution >= 4 is 34.2 Å². The molecule has 0 saturated carbocycles. The zero-order chi connectivity index (χ0) is 18.5. The Morgan fingerprint density at radius 2 is 1.65 bits per heavy atom. The molecule has 132 valence electrons. The van der Waals surface area contributed by atoms with Gasteiger partial charge < -0.3 is 10.6 Å². The van der Waals surface area contributed by atoms with Gasteiger partial charge in [-0.15, -0.1) is 0 Å². The molecule has 0 saturated heterocycles. The van der Waals surface area contributed by atoms with Crippen molar-refractivity contribution in [1.82, 2.24) is 10.6 Å². The average Bonchev–Trinajstić information content (AvgIpc) is 2.66. The van der Waals surface area contributed by atoms with Crippen molar-refractivity contribution in [2.24, 2.45) is 0 Å². The molecular weight excluding hydrogens is 348 g/mol. The summed E-state index contributed by atoms with van der Waals surface area (Å²) in [6.45, 7) is 1.81. The first-order valence-electron chi connectivity index (χ1n) is 8.35. The molecule has 0 spiro atoms. The topological polar surface area (TPSA) is 58.2 Å². The smallest absolute Gasteiger partial charge is 0.253 e. The van der Waals surface area contributed by atoms with Crippen molar-refractivity contribution in [2.45, 2.75) is 13.0 Å². The Morgan fingerprint density at radius 3 is 2.42 bits per heavy atom. The van der Waals surface area contributed by atoms with Gasteiger partial charge in [0.25, 0.3) is 5.91 Å². The van der Waals surface area contributed by atoms with Crippen LogP contribution in [0, 0.1) is 0 Å². The molecule has 0 radical (unpaired) electrons. The molecule has 3 rings (SSSR count). The van der Waals surface area contributed by atoms with Crippen molar-refractivity contribution in [3.8, 4) is 0 Å². The van der Waals surface area contributed by atoms with E-state index < -0.39 is 0 Å². The normalized spacial score (nSPS) is 11.8. The molecule has 0 aromatic heterocycles. The second-order valence-corrected chi connectivity index (χ2v) is 6.47. The summed E-state index contributed by atoms with van der Waals surface area (Å²) in [6.07, 6.45) is 0. The van der Waals surface area contributed by atoms with Crippen LogP contribution in [0.15, 0.2) is 66.7 Å². The minimum absolute atomic E-state index is 0.109. The molecule has 0 aliphatic carbocycles. The van der Waals surface area contributed by atoms with E-state index in [1.54, 1.807) is 24.3 Å². The molecule has 0 aliphatic heterocycles. The average molecular weight is 367 g/mol. The molecule has 2 N–H and O–H groups in total. The van der Waals surface area contributed by atoms with Crippen LogP contribution >= 0.6 is 11.6 Å². The fourth-order valence-corrected chi connectivity index (χ4v) is 2.98. The van der Waals surface area contributed by atoms with Gasteiger partial charge in [-0.3, -0.25) is 9.59 Å². The molecule has 0 aliphatic rings. The molecule has 5 heteroatoms. The number of halogens is 1. The molecule has 4 nitrogen and oxygen atoms in total. The molecular formula is C21H19ClN2O2. The summed E-state index contributed by atoms with van der Waals surface area (Å²) < 4.78 is 0. The van der Waals surface area contributed by atoms with Crippen molar-refractivity contribution in [1.29, 1.82) is 0 Å². The number of fused-ring (bicyclic) bond motifs is 1. The van der Waals surface area contributed by atoms with E-state index in [0.29, 0.717) is 10.6 Å². The number of rotatable bonds is 5. The van der Waals surface area contributed by atoms with E-state index in [4.69, 9.17) is 11.6 Å². The summed E-state index contributed by atoms with van der Waals surface area (Å²) in [6, 6.07) is 20.7. The van der Waals surface area contributed by atoms with E-state index in [1.807, 2.05) is 43.3 Å². The van der Waals surface area contributed by atoms with Gasteiger partial charge in [-0.1, -0.05) is 60.1 Å². The highest BCUT2D eigenvalue weighted by atomic mass is 35.5. The second-order valence-electron chi connectivity index (χ2n) is 6.06. The fourth-order valence-electron chi connectivity index (χ4n) is 2.75. The minimum atomic E-state index is -0.371. The number of nitrogens with one attached hydrogen (secondary N) is 2. The number of amides is 2. The molecule has 2 amide bonds. The van der Waals surface area contributed by atoms with E-state index in [9.17, 15) is 9.59 Å². The summed E-state index contributed by atoms with van der Waals surface area (Å²) in [4.78, 5) is 24.2. The van der Waals surface area contributed by atoms with Gasteiger partial charge in [0, 0.05) is 0 Å². The number of hydrogen-bond donors (Lipinski definition) is 2. The van der Waals surface area contributed by atoms with Crippen LogP contribution in [0.5, 0.6) is 0 Å². The lowest BCUT2D eigenvalue weighted by atomic mass is 10.0. The third-order valence-electron chi connectivity index (χ3n) is 4.18. The fraction of sp³-hybridized carbons (Fsp3) is 0.143. The van der Waals surface area contributed by atoms with Crippen molar-refractivity contribution in [2.75, 3.05) is 6.54 Å². The molecule has 26 heavy (non-hydrogen) atoms. The third-order valence-corrected chi connectivity index (χ3v) is 4.51. The maximum Gasteiger partial charge on any atom is 0.253 e. The van der Waals surface area contributed by atoms with Gasteiger partial charge in [0.2, 0.25) is 5.91 Å². The van der Waals surface area contributed by atoms with E-state index in [2.05, 4.69) is 16.7 Å². The summed E-state index contributed by atoms with van der Waals surface area (Å²) in [5.41, 5.74) is 1.36. The van der Waals surface area contributed by atoms with Gasteiger partial charge in [0.05, 0.1) is 23.2 Å². The number of hydrogen-bond acceptors (Lipinski definition) is 2. The lowest BCUT2D eigenvalue weighted by Gasteiger charge is -2.15. The van der Waals surface area contributed by atoms with Gasteiger partial charge in [-0.25, -0.2) is 0 Å². The Balaban J connectivity index is 1.58. The Kier molecular flexibility index (Phi) is 5.54. The molecule has 0 bridgehead atoms. The Morgan fingerprint density at radius 1 is 0.962 bits per heavy atom.